The number of carbonyl (C=O) groups excluding carboxylic acids is 3. The molecule has 0 bridgehead atoms. The summed E-state index contributed by atoms with van der Waals surface area (Å²) in [5.74, 6) is -0.838. The van der Waals surface area contributed by atoms with Crippen molar-refractivity contribution in [2.75, 3.05) is 13.2 Å². The third-order valence-electron chi connectivity index (χ3n) is 16.3. The number of esters is 3. The second-order valence-corrected chi connectivity index (χ2v) is 24.2. The van der Waals surface area contributed by atoms with Gasteiger partial charge in [0.1, 0.15) is 13.2 Å². The van der Waals surface area contributed by atoms with Crippen LogP contribution >= 0.6 is 0 Å². The van der Waals surface area contributed by atoms with Crippen molar-refractivity contribution in [3.8, 4) is 0 Å². The van der Waals surface area contributed by atoms with E-state index in [0.717, 1.165) is 64.2 Å². The minimum atomic E-state index is -0.770. The van der Waals surface area contributed by atoms with E-state index in [1.165, 1.54) is 302 Å². The molecule has 0 N–H and O–H groups in total. The van der Waals surface area contributed by atoms with E-state index < -0.39 is 6.10 Å². The van der Waals surface area contributed by atoms with Gasteiger partial charge in [0.25, 0.3) is 0 Å². The molecule has 6 nitrogen and oxygen atoms in total. The summed E-state index contributed by atoms with van der Waals surface area (Å²) in [5, 5.41) is 0. The zero-order valence-corrected chi connectivity index (χ0v) is 52.5. The van der Waals surface area contributed by atoms with Gasteiger partial charge in [0.15, 0.2) is 6.10 Å². The van der Waals surface area contributed by atoms with Crippen molar-refractivity contribution in [1.82, 2.24) is 0 Å². The summed E-state index contributed by atoms with van der Waals surface area (Å²) in [5.41, 5.74) is 0. The molecule has 0 spiro atoms. The average Bonchev–Trinajstić information content (AvgIpc) is 3.43. The van der Waals surface area contributed by atoms with E-state index in [9.17, 15) is 14.4 Å². The van der Waals surface area contributed by atoms with E-state index in [2.05, 4.69) is 32.9 Å². The van der Waals surface area contributed by atoms with Crippen molar-refractivity contribution < 1.29 is 28.6 Å². The Morgan fingerprint density at radius 3 is 0.649 bits per heavy atom. The Morgan fingerprint density at radius 1 is 0.247 bits per heavy atom. The van der Waals surface area contributed by atoms with Crippen LogP contribution in [-0.2, 0) is 28.6 Å². The molecule has 0 aliphatic rings. The monoisotopic (exact) mass is 1090 g/mol. The quantitative estimate of drug-likeness (QED) is 0.0261. The fourth-order valence-corrected chi connectivity index (χ4v) is 11.0. The molecule has 0 saturated carbocycles. The molecule has 6 heteroatoms. The highest BCUT2D eigenvalue weighted by atomic mass is 16.6. The minimum absolute atomic E-state index is 0.0656. The first-order valence-electron chi connectivity index (χ1n) is 35.2. The highest BCUT2D eigenvalue weighted by Gasteiger charge is 2.19. The number of rotatable bonds is 66. The topological polar surface area (TPSA) is 78.9 Å². The zero-order chi connectivity index (χ0) is 55.7. The molecular formula is C71H136O6. The molecule has 0 aromatic carbocycles. The summed E-state index contributed by atoms with van der Waals surface area (Å²) < 4.78 is 17.0. The van der Waals surface area contributed by atoms with E-state index in [0.29, 0.717) is 19.3 Å². The first-order valence-corrected chi connectivity index (χ1v) is 35.2. The number of ether oxygens (including phenoxy) is 3. The molecule has 0 aromatic heterocycles. The van der Waals surface area contributed by atoms with E-state index in [-0.39, 0.29) is 31.1 Å². The Balaban J connectivity index is 4.24. The van der Waals surface area contributed by atoms with Gasteiger partial charge in [-0.2, -0.15) is 0 Å². The molecule has 456 valence electrons. The number of allylic oxidation sites excluding steroid dienone is 2. The maximum Gasteiger partial charge on any atom is 0.306 e. The number of unbranched alkanes of at least 4 members (excludes halogenated alkanes) is 53. The minimum Gasteiger partial charge on any atom is -0.462 e. The summed E-state index contributed by atoms with van der Waals surface area (Å²) in [6.07, 6.45) is 79.5. The summed E-state index contributed by atoms with van der Waals surface area (Å²) in [6, 6.07) is 0. The van der Waals surface area contributed by atoms with Crippen molar-refractivity contribution in [1.29, 1.82) is 0 Å². The van der Waals surface area contributed by atoms with Crippen molar-refractivity contribution in [3.63, 3.8) is 0 Å². The van der Waals surface area contributed by atoms with Crippen LogP contribution in [0.2, 0.25) is 0 Å². The smallest absolute Gasteiger partial charge is 0.306 e. The van der Waals surface area contributed by atoms with Gasteiger partial charge in [0.2, 0.25) is 0 Å². The molecule has 0 rings (SSSR count). The maximum atomic E-state index is 12.9. The zero-order valence-electron chi connectivity index (χ0n) is 52.5. The molecule has 0 aliphatic carbocycles. The third-order valence-corrected chi connectivity index (χ3v) is 16.3. The van der Waals surface area contributed by atoms with Crippen LogP contribution in [0.1, 0.15) is 406 Å². The largest absolute Gasteiger partial charge is 0.462 e. The first kappa shape index (κ1) is 75.2. The lowest BCUT2D eigenvalue weighted by Gasteiger charge is -2.18. The van der Waals surface area contributed by atoms with Gasteiger partial charge in [-0.25, -0.2) is 0 Å². The van der Waals surface area contributed by atoms with E-state index in [1.807, 2.05) is 0 Å². The van der Waals surface area contributed by atoms with Crippen molar-refractivity contribution in [3.05, 3.63) is 12.2 Å². The van der Waals surface area contributed by atoms with E-state index in [4.69, 9.17) is 14.2 Å². The predicted octanol–water partition coefficient (Wildman–Crippen LogP) is 24.0. The lowest BCUT2D eigenvalue weighted by Crippen LogP contribution is -2.30. The molecule has 0 saturated heterocycles. The highest BCUT2D eigenvalue weighted by Crippen LogP contribution is 2.19. The standard InChI is InChI=1S/C71H136O6/c1-4-7-10-13-16-19-22-25-28-31-33-34-35-36-37-38-39-41-43-46-49-52-55-58-61-64-70(73)76-67-68(66-75-69(72)63-60-57-54-51-48-45-42-30-27-24-21-18-15-12-9-6-3)77-71(74)65-62-59-56-53-50-47-44-40-32-29-26-23-20-17-14-11-8-5-2/h30,42,68H,4-29,31-41,43-67H2,1-3H3/b42-30-. The van der Waals surface area contributed by atoms with Gasteiger partial charge < -0.3 is 14.2 Å². The Bertz CT molecular complexity index is 1200. The molecule has 0 aromatic rings. The molecule has 0 radical (unpaired) electrons. The summed E-state index contributed by atoms with van der Waals surface area (Å²) in [6.45, 7) is 6.72. The number of carbonyl (C=O) groups is 3. The highest BCUT2D eigenvalue weighted by molar-refractivity contribution is 5.71. The van der Waals surface area contributed by atoms with Crippen LogP contribution in [0.3, 0.4) is 0 Å². The maximum absolute atomic E-state index is 12.9. The molecular weight excluding hydrogens is 949 g/mol. The predicted molar refractivity (Wildman–Crippen MR) is 335 cm³/mol. The molecule has 77 heavy (non-hydrogen) atoms. The van der Waals surface area contributed by atoms with Gasteiger partial charge in [-0.15, -0.1) is 0 Å². The molecule has 0 amide bonds. The summed E-state index contributed by atoms with van der Waals surface area (Å²) >= 11 is 0. The van der Waals surface area contributed by atoms with Crippen LogP contribution in [0.25, 0.3) is 0 Å². The van der Waals surface area contributed by atoms with Crippen LogP contribution < -0.4 is 0 Å². The van der Waals surface area contributed by atoms with Crippen molar-refractivity contribution in [2.24, 2.45) is 0 Å². The van der Waals surface area contributed by atoms with Gasteiger partial charge in [-0.3, -0.25) is 14.4 Å². The van der Waals surface area contributed by atoms with Crippen molar-refractivity contribution in [2.45, 2.75) is 412 Å². The first-order chi connectivity index (χ1) is 38.0. The molecule has 1 atom stereocenters. The van der Waals surface area contributed by atoms with Crippen molar-refractivity contribution >= 4 is 17.9 Å². The fourth-order valence-electron chi connectivity index (χ4n) is 11.0. The van der Waals surface area contributed by atoms with Gasteiger partial charge in [-0.05, 0) is 44.9 Å². The summed E-state index contributed by atoms with van der Waals surface area (Å²) in [4.78, 5) is 38.4. The van der Waals surface area contributed by atoms with Gasteiger partial charge in [-0.1, -0.05) is 354 Å². The van der Waals surface area contributed by atoms with E-state index >= 15 is 0 Å². The van der Waals surface area contributed by atoms with E-state index in [1.54, 1.807) is 0 Å². The molecule has 0 fully saturated rings. The Kier molecular flexibility index (Phi) is 65.1. The SMILES string of the molecule is CCCCCCCCC/C=C\CCCCCCCC(=O)OCC(COC(=O)CCCCCCCCCCCCCCCCCCCCCCCCCCC)OC(=O)CCCCCCCCCCCCCCCCCCCC. The lowest BCUT2D eigenvalue weighted by molar-refractivity contribution is -0.167. The Hall–Kier alpha value is -1.85. The Labute approximate surface area is 481 Å². The second-order valence-electron chi connectivity index (χ2n) is 24.2. The second kappa shape index (κ2) is 66.7. The number of hydrogen-bond donors (Lipinski definition) is 0. The molecule has 0 heterocycles. The van der Waals surface area contributed by atoms with Crippen LogP contribution in [-0.4, -0.2) is 37.2 Å². The lowest BCUT2D eigenvalue weighted by atomic mass is 10.0. The van der Waals surface area contributed by atoms with Crippen LogP contribution in [0.4, 0.5) is 0 Å². The van der Waals surface area contributed by atoms with Crippen LogP contribution in [0.15, 0.2) is 12.2 Å². The summed E-state index contributed by atoms with van der Waals surface area (Å²) in [7, 11) is 0. The molecule has 1 unspecified atom stereocenters. The number of hydrogen-bond acceptors (Lipinski definition) is 6. The van der Waals surface area contributed by atoms with Gasteiger partial charge in [0, 0.05) is 19.3 Å². The average molecular weight is 1090 g/mol. The fraction of sp³-hybridized carbons (Fsp3) is 0.930. The third kappa shape index (κ3) is 64.9. The molecule has 0 aliphatic heterocycles. The Morgan fingerprint density at radius 2 is 0.429 bits per heavy atom. The normalized spacial score (nSPS) is 12.0. The van der Waals surface area contributed by atoms with Crippen LogP contribution in [0.5, 0.6) is 0 Å². The van der Waals surface area contributed by atoms with Gasteiger partial charge in [0.05, 0.1) is 0 Å². The van der Waals surface area contributed by atoms with Gasteiger partial charge >= 0.3 is 17.9 Å². The van der Waals surface area contributed by atoms with Crippen LogP contribution in [0, 0.1) is 0 Å².